The molecule has 0 aromatic heterocycles. The Morgan fingerprint density at radius 2 is 1.28 bits per heavy atom. The van der Waals surface area contributed by atoms with Gasteiger partial charge in [0.2, 0.25) is 5.75 Å². The van der Waals surface area contributed by atoms with Crippen LogP contribution < -0.4 is 24.8 Å². The molecule has 8 heteroatoms. The van der Waals surface area contributed by atoms with Crippen LogP contribution in [0.4, 0.5) is 15.8 Å². The van der Waals surface area contributed by atoms with Gasteiger partial charge in [-0.25, -0.2) is 4.39 Å². The van der Waals surface area contributed by atoms with Crippen LogP contribution in [0, 0.1) is 5.82 Å². The number of benzene rings is 2. The van der Waals surface area contributed by atoms with Crippen molar-refractivity contribution in [3.8, 4) is 17.2 Å². The average molecular weight is 348 g/mol. The normalized spacial score (nSPS) is 9.92. The second-order valence-electron chi connectivity index (χ2n) is 4.83. The van der Waals surface area contributed by atoms with Crippen LogP contribution in [0.1, 0.15) is 0 Å². The summed E-state index contributed by atoms with van der Waals surface area (Å²) in [4.78, 5) is 24.0. The first kappa shape index (κ1) is 18.1. The summed E-state index contributed by atoms with van der Waals surface area (Å²) in [6, 6.07) is 8.02. The van der Waals surface area contributed by atoms with Crippen molar-refractivity contribution < 1.29 is 28.2 Å². The van der Waals surface area contributed by atoms with Gasteiger partial charge in [-0.15, -0.1) is 0 Å². The molecular weight excluding hydrogens is 331 g/mol. The third-order valence-electron chi connectivity index (χ3n) is 3.23. The Bertz CT molecular complexity index is 752. The van der Waals surface area contributed by atoms with Crippen LogP contribution in [0.15, 0.2) is 36.4 Å². The molecule has 0 bridgehead atoms. The molecule has 7 nitrogen and oxygen atoms in total. The molecule has 2 aromatic rings. The molecule has 25 heavy (non-hydrogen) atoms. The Balaban J connectivity index is 2.13. The van der Waals surface area contributed by atoms with E-state index in [1.165, 1.54) is 57.7 Å². The summed E-state index contributed by atoms with van der Waals surface area (Å²) in [5.41, 5.74) is 0.584. The predicted octanol–water partition coefficient (Wildman–Crippen LogP) is 2.43. The number of carbonyl (C=O) groups excluding carboxylic acids is 2. The zero-order valence-electron chi connectivity index (χ0n) is 13.9. The molecule has 0 aliphatic carbocycles. The third kappa shape index (κ3) is 4.37. The first-order chi connectivity index (χ1) is 12.0. The fraction of sp³-hybridized carbons (Fsp3) is 0.176. The van der Waals surface area contributed by atoms with Gasteiger partial charge in [0.25, 0.3) is 0 Å². The van der Waals surface area contributed by atoms with E-state index in [1.807, 2.05) is 0 Å². The molecule has 2 N–H and O–H groups in total. The zero-order valence-corrected chi connectivity index (χ0v) is 13.9. The van der Waals surface area contributed by atoms with Crippen molar-refractivity contribution in [2.75, 3.05) is 32.0 Å². The highest BCUT2D eigenvalue weighted by Crippen LogP contribution is 2.39. The van der Waals surface area contributed by atoms with Gasteiger partial charge in [-0.1, -0.05) is 0 Å². The van der Waals surface area contributed by atoms with E-state index in [2.05, 4.69) is 10.6 Å². The Hall–Kier alpha value is -3.29. The maximum absolute atomic E-state index is 12.8. The number of amides is 2. The number of anilines is 2. The van der Waals surface area contributed by atoms with Crippen LogP contribution in [0.3, 0.4) is 0 Å². The topological polar surface area (TPSA) is 85.9 Å². The Kier molecular flexibility index (Phi) is 5.78. The second-order valence-corrected chi connectivity index (χ2v) is 4.83. The van der Waals surface area contributed by atoms with Gasteiger partial charge in [0.15, 0.2) is 11.5 Å². The summed E-state index contributed by atoms with van der Waals surface area (Å²) in [7, 11) is 4.32. The minimum absolute atomic E-state index is 0.286. The van der Waals surface area contributed by atoms with Crippen molar-refractivity contribution in [1.82, 2.24) is 0 Å². The minimum atomic E-state index is -0.904. The van der Waals surface area contributed by atoms with Gasteiger partial charge in [-0.3, -0.25) is 9.59 Å². The fourth-order valence-corrected chi connectivity index (χ4v) is 2.06. The van der Waals surface area contributed by atoms with Crippen LogP contribution in [0.5, 0.6) is 17.2 Å². The zero-order chi connectivity index (χ0) is 18.4. The molecule has 2 aromatic carbocycles. The molecule has 2 rings (SSSR count). The lowest BCUT2D eigenvalue weighted by Crippen LogP contribution is -2.29. The number of carbonyl (C=O) groups is 2. The predicted molar refractivity (Wildman–Crippen MR) is 89.8 cm³/mol. The first-order valence-electron chi connectivity index (χ1n) is 7.16. The van der Waals surface area contributed by atoms with Gasteiger partial charge in [0.05, 0.1) is 21.3 Å². The van der Waals surface area contributed by atoms with E-state index in [0.29, 0.717) is 22.9 Å². The van der Waals surface area contributed by atoms with Crippen molar-refractivity contribution in [1.29, 1.82) is 0 Å². The molecule has 0 radical (unpaired) electrons. The minimum Gasteiger partial charge on any atom is -0.493 e. The lowest BCUT2D eigenvalue weighted by atomic mass is 10.2. The molecule has 0 fully saturated rings. The number of ether oxygens (including phenoxy) is 3. The quantitative estimate of drug-likeness (QED) is 0.811. The monoisotopic (exact) mass is 348 g/mol. The van der Waals surface area contributed by atoms with Gasteiger partial charge in [-0.2, -0.15) is 0 Å². The van der Waals surface area contributed by atoms with E-state index in [4.69, 9.17) is 14.2 Å². The van der Waals surface area contributed by atoms with Crippen LogP contribution in [-0.2, 0) is 9.59 Å². The SMILES string of the molecule is COc1cc(NC(=O)C(=O)Nc2ccc(F)cc2)cc(OC)c1OC. The number of rotatable bonds is 5. The molecule has 0 saturated heterocycles. The standard InChI is InChI=1S/C17H17FN2O5/c1-23-13-8-12(9-14(24-2)15(13)25-3)20-17(22)16(21)19-11-6-4-10(18)5-7-11/h4-9H,1-3H3,(H,19,21)(H,20,22). The molecule has 0 heterocycles. The smallest absolute Gasteiger partial charge is 0.314 e. The first-order valence-corrected chi connectivity index (χ1v) is 7.16. The molecular formula is C17H17FN2O5. The summed E-state index contributed by atoms with van der Waals surface area (Å²) in [6.45, 7) is 0. The molecule has 0 aliphatic heterocycles. The van der Waals surface area contributed by atoms with E-state index in [-0.39, 0.29) is 5.69 Å². The van der Waals surface area contributed by atoms with Gasteiger partial charge >= 0.3 is 11.8 Å². The summed E-state index contributed by atoms with van der Waals surface area (Å²) in [5, 5.41) is 4.80. The highest BCUT2D eigenvalue weighted by Gasteiger charge is 2.18. The fourth-order valence-electron chi connectivity index (χ4n) is 2.06. The highest BCUT2D eigenvalue weighted by atomic mass is 19.1. The second kappa shape index (κ2) is 8.00. The van der Waals surface area contributed by atoms with E-state index in [0.717, 1.165) is 0 Å². The van der Waals surface area contributed by atoms with Crippen molar-refractivity contribution in [3.05, 3.63) is 42.2 Å². The van der Waals surface area contributed by atoms with E-state index >= 15 is 0 Å². The molecule has 0 atom stereocenters. The van der Waals surface area contributed by atoms with Gasteiger partial charge in [0, 0.05) is 23.5 Å². The molecule has 0 saturated carbocycles. The molecule has 0 unspecified atom stereocenters. The number of hydrogen-bond donors (Lipinski definition) is 2. The summed E-state index contributed by atoms with van der Waals surface area (Å²) in [6.07, 6.45) is 0. The van der Waals surface area contributed by atoms with Crippen molar-refractivity contribution in [2.24, 2.45) is 0 Å². The number of hydrogen-bond acceptors (Lipinski definition) is 5. The summed E-state index contributed by atoms with van der Waals surface area (Å²) in [5.74, 6) is -1.23. The van der Waals surface area contributed by atoms with Crippen molar-refractivity contribution >= 4 is 23.2 Å². The maximum Gasteiger partial charge on any atom is 0.314 e. The summed E-state index contributed by atoms with van der Waals surface area (Å²) < 4.78 is 28.4. The number of halogens is 1. The molecule has 0 spiro atoms. The third-order valence-corrected chi connectivity index (χ3v) is 3.23. The van der Waals surface area contributed by atoms with E-state index in [9.17, 15) is 14.0 Å². The van der Waals surface area contributed by atoms with Crippen LogP contribution in [0.25, 0.3) is 0 Å². The van der Waals surface area contributed by atoms with Gasteiger partial charge in [0.1, 0.15) is 5.82 Å². The average Bonchev–Trinajstić information content (AvgIpc) is 2.62. The lowest BCUT2D eigenvalue weighted by molar-refractivity contribution is -0.133. The van der Waals surface area contributed by atoms with Crippen LogP contribution >= 0.6 is 0 Å². The number of nitrogens with one attached hydrogen (secondary N) is 2. The maximum atomic E-state index is 12.8. The van der Waals surface area contributed by atoms with Crippen LogP contribution in [0.2, 0.25) is 0 Å². The molecule has 132 valence electrons. The van der Waals surface area contributed by atoms with E-state index in [1.54, 1.807) is 0 Å². The Labute approximate surface area is 143 Å². The van der Waals surface area contributed by atoms with Crippen LogP contribution in [-0.4, -0.2) is 33.1 Å². The molecule has 0 aliphatic rings. The Morgan fingerprint density at radius 3 is 1.72 bits per heavy atom. The Morgan fingerprint density at radius 1 is 0.800 bits per heavy atom. The molecule has 2 amide bonds. The highest BCUT2D eigenvalue weighted by molar-refractivity contribution is 6.43. The van der Waals surface area contributed by atoms with Crippen molar-refractivity contribution in [3.63, 3.8) is 0 Å². The van der Waals surface area contributed by atoms with Gasteiger partial charge < -0.3 is 24.8 Å². The van der Waals surface area contributed by atoms with Gasteiger partial charge in [-0.05, 0) is 24.3 Å². The lowest BCUT2D eigenvalue weighted by Gasteiger charge is -2.14. The largest absolute Gasteiger partial charge is 0.493 e. The van der Waals surface area contributed by atoms with E-state index < -0.39 is 17.6 Å². The van der Waals surface area contributed by atoms with Crippen molar-refractivity contribution in [2.45, 2.75) is 0 Å². The summed E-state index contributed by atoms with van der Waals surface area (Å²) >= 11 is 0. The number of methoxy groups -OCH3 is 3.